The lowest BCUT2D eigenvalue weighted by molar-refractivity contribution is 0.222. The molecule has 9 heteroatoms. The Kier molecular flexibility index (Phi) is 8.00. The van der Waals surface area contributed by atoms with Crippen molar-refractivity contribution in [3.63, 3.8) is 0 Å². The molecule has 1 fully saturated rings. The first-order chi connectivity index (χ1) is 14.9. The molecule has 1 aliphatic heterocycles. The normalized spacial score (nSPS) is 16.3. The monoisotopic (exact) mass is 447 g/mol. The molecule has 2 aromatic rings. The number of benzene rings is 2. The molecule has 0 bridgehead atoms. The first kappa shape index (κ1) is 23.2. The summed E-state index contributed by atoms with van der Waals surface area (Å²) in [7, 11) is -1.57. The van der Waals surface area contributed by atoms with Crippen LogP contribution in [0.5, 0.6) is 0 Å². The van der Waals surface area contributed by atoms with Gasteiger partial charge in [0.25, 0.3) is 0 Å². The van der Waals surface area contributed by atoms with E-state index in [-0.39, 0.29) is 5.82 Å². The molecule has 0 unspecified atom stereocenters. The molecule has 1 aliphatic rings. The second kappa shape index (κ2) is 10.7. The van der Waals surface area contributed by atoms with Gasteiger partial charge in [-0.3, -0.25) is 0 Å². The molecule has 1 heterocycles. The fraction of sp³-hybridized carbons (Fsp3) is 0.409. The SMILES string of the molecule is CCNC(=NCc1ccc(F)cc1)NCc1ccccc1S(=O)(=O)N1CCN(C)CC1. The molecule has 0 saturated carbocycles. The minimum Gasteiger partial charge on any atom is -0.357 e. The molecular formula is C22H30FN5O2S. The second-order valence-corrected chi connectivity index (χ2v) is 9.40. The zero-order valence-electron chi connectivity index (χ0n) is 18.0. The molecule has 0 aliphatic carbocycles. The minimum atomic E-state index is -3.56. The van der Waals surface area contributed by atoms with Crippen molar-refractivity contribution in [2.24, 2.45) is 4.99 Å². The first-order valence-corrected chi connectivity index (χ1v) is 11.9. The van der Waals surface area contributed by atoms with Crippen LogP contribution in [0, 0.1) is 5.82 Å². The van der Waals surface area contributed by atoms with Gasteiger partial charge < -0.3 is 15.5 Å². The van der Waals surface area contributed by atoms with Gasteiger partial charge in [-0.25, -0.2) is 17.8 Å². The Bertz CT molecular complexity index is 987. The van der Waals surface area contributed by atoms with Crippen LogP contribution in [0.2, 0.25) is 0 Å². The van der Waals surface area contributed by atoms with Gasteiger partial charge in [0.05, 0.1) is 11.4 Å². The molecule has 1 saturated heterocycles. The smallest absolute Gasteiger partial charge is 0.243 e. The van der Waals surface area contributed by atoms with E-state index in [0.717, 1.165) is 18.7 Å². The van der Waals surface area contributed by atoms with E-state index >= 15 is 0 Å². The number of piperazine rings is 1. The first-order valence-electron chi connectivity index (χ1n) is 10.4. The van der Waals surface area contributed by atoms with Gasteiger partial charge in [-0.05, 0) is 43.3 Å². The Morgan fingerprint density at radius 1 is 1.03 bits per heavy atom. The largest absolute Gasteiger partial charge is 0.357 e. The van der Waals surface area contributed by atoms with E-state index in [1.807, 2.05) is 26.1 Å². The lowest BCUT2D eigenvalue weighted by atomic mass is 10.2. The molecule has 0 spiro atoms. The Labute approximate surface area is 184 Å². The van der Waals surface area contributed by atoms with Crippen LogP contribution in [0.15, 0.2) is 58.4 Å². The summed E-state index contributed by atoms with van der Waals surface area (Å²) in [6, 6.07) is 13.3. The summed E-state index contributed by atoms with van der Waals surface area (Å²) in [5.74, 6) is 0.287. The summed E-state index contributed by atoms with van der Waals surface area (Å²) in [5, 5.41) is 6.38. The summed E-state index contributed by atoms with van der Waals surface area (Å²) >= 11 is 0. The lowest BCUT2D eigenvalue weighted by Gasteiger charge is -2.32. The van der Waals surface area contributed by atoms with Gasteiger partial charge in [0.15, 0.2) is 5.96 Å². The van der Waals surface area contributed by atoms with E-state index in [2.05, 4.69) is 20.5 Å². The number of hydrogen-bond donors (Lipinski definition) is 2. The number of nitrogens with one attached hydrogen (secondary N) is 2. The predicted octanol–water partition coefficient (Wildman–Crippen LogP) is 2.02. The topological polar surface area (TPSA) is 77.0 Å². The Morgan fingerprint density at radius 3 is 2.39 bits per heavy atom. The number of nitrogens with zero attached hydrogens (tertiary/aromatic N) is 3. The van der Waals surface area contributed by atoms with Crippen molar-refractivity contribution in [2.75, 3.05) is 39.8 Å². The lowest BCUT2D eigenvalue weighted by Crippen LogP contribution is -2.47. The van der Waals surface area contributed by atoms with Gasteiger partial charge >= 0.3 is 0 Å². The third-order valence-electron chi connectivity index (χ3n) is 5.18. The van der Waals surface area contributed by atoms with Crippen LogP contribution in [-0.4, -0.2) is 63.4 Å². The third-order valence-corrected chi connectivity index (χ3v) is 7.18. The fourth-order valence-electron chi connectivity index (χ4n) is 3.35. The number of guanidine groups is 1. The van der Waals surface area contributed by atoms with E-state index in [1.165, 1.54) is 12.1 Å². The number of halogens is 1. The third kappa shape index (κ3) is 6.25. The highest BCUT2D eigenvalue weighted by molar-refractivity contribution is 7.89. The zero-order valence-corrected chi connectivity index (χ0v) is 18.8. The van der Waals surface area contributed by atoms with Gasteiger partial charge in [-0.2, -0.15) is 4.31 Å². The molecule has 31 heavy (non-hydrogen) atoms. The van der Waals surface area contributed by atoms with Crippen LogP contribution >= 0.6 is 0 Å². The van der Waals surface area contributed by atoms with Gasteiger partial charge in [-0.1, -0.05) is 30.3 Å². The maximum atomic E-state index is 13.2. The molecule has 7 nitrogen and oxygen atoms in total. The summed E-state index contributed by atoms with van der Waals surface area (Å²) in [6.07, 6.45) is 0. The van der Waals surface area contributed by atoms with Gasteiger partial charge in [0, 0.05) is 39.3 Å². The maximum Gasteiger partial charge on any atom is 0.243 e. The van der Waals surface area contributed by atoms with E-state index in [4.69, 9.17) is 0 Å². The highest BCUT2D eigenvalue weighted by Crippen LogP contribution is 2.21. The van der Waals surface area contributed by atoms with Crippen LogP contribution in [-0.2, 0) is 23.1 Å². The standard InChI is InChI=1S/C22H30FN5O2S/c1-3-24-22(25-16-18-8-10-20(23)11-9-18)26-17-19-6-4-5-7-21(19)31(29,30)28-14-12-27(2)13-15-28/h4-11H,3,12-17H2,1-2H3,(H2,24,25,26). The average Bonchev–Trinajstić information content (AvgIpc) is 2.77. The zero-order chi connectivity index (χ0) is 22.3. The molecule has 2 aromatic carbocycles. The van der Waals surface area contributed by atoms with Crippen molar-refractivity contribution < 1.29 is 12.8 Å². The van der Waals surface area contributed by atoms with Gasteiger partial charge in [-0.15, -0.1) is 0 Å². The predicted molar refractivity (Wildman–Crippen MR) is 121 cm³/mol. The van der Waals surface area contributed by atoms with Crippen molar-refractivity contribution in [1.29, 1.82) is 0 Å². The second-order valence-electron chi connectivity index (χ2n) is 7.49. The molecule has 3 rings (SSSR count). The van der Waals surface area contributed by atoms with Crippen molar-refractivity contribution in [3.05, 3.63) is 65.5 Å². The molecule has 168 valence electrons. The van der Waals surface area contributed by atoms with Gasteiger partial charge in [0.1, 0.15) is 5.82 Å². The van der Waals surface area contributed by atoms with E-state index in [1.54, 1.807) is 28.6 Å². The van der Waals surface area contributed by atoms with Crippen molar-refractivity contribution in [2.45, 2.75) is 24.9 Å². The quantitative estimate of drug-likeness (QED) is 0.502. The van der Waals surface area contributed by atoms with Crippen LogP contribution < -0.4 is 10.6 Å². The van der Waals surface area contributed by atoms with E-state index in [0.29, 0.717) is 49.1 Å². The molecule has 0 aromatic heterocycles. The molecule has 0 radical (unpaired) electrons. The highest BCUT2D eigenvalue weighted by Gasteiger charge is 2.29. The highest BCUT2D eigenvalue weighted by atomic mass is 32.2. The average molecular weight is 448 g/mol. The maximum absolute atomic E-state index is 13.2. The van der Waals surface area contributed by atoms with Crippen molar-refractivity contribution in [3.8, 4) is 0 Å². The van der Waals surface area contributed by atoms with Crippen LogP contribution in [0.1, 0.15) is 18.1 Å². The van der Waals surface area contributed by atoms with Crippen molar-refractivity contribution >= 4 is 16.0 Å². The van der Waals surface area contributed by atoms with Crippen LogP contribution in [0.4, 0.5) is 4.39 Å². The Morgan fingerprint density at radius 2 is 1.71 bits per heavy atom. The Hall–Kier alpha value is -2.49. The molecule has 2 N–H and O–H groups in total. The van der Waals surface area contributed by atoms with Crippen molar-refractivity contribution in [1.82, 2.24) is 19.8 Å². The summed E-state index contributed by atoms with van der Waals surface area (Å²) in [5.41, 5.74) is 1.57. The molecule has 0 atom stereocenters. The fourth-order valence-corrected chi connectivity index (χ4v) is 4.99. The van der Waals surface area contributed by atoms with E-state index < -0.39 is 10.0 Å². The minimum absolute atomic E-state index is 0.282. The number of rotatable bonds is 7. The van der Waals surface area contributed by atoms with E-state index in [9.17, 15) is 12.8 Å². The number of sulfonamides is 1. The number of likely N-dealkylation sites (N-methyl/N-ethyl adjacent to an activating group) is 1. The number of hydrogen-bond acceptors (Lipinski definition) is 4. The summed E-state index contributed by atoms with van der Waals surface area (Å²) in [4.78, 5) is 6.97. The summed E-state index contributed by atoms with van der Waals surface area (Å²) in [6.45, 7) is 5.75. The number of aliphatic imine (C=N–C) groups is 1. The van der Waals surface area contributed by atoms with Crippen LogP contribution in [0.25, 0.3) is 0 Å². The van der Waals surface area contributed by atoms with Crippen LogP contribution in [0.3, 0.4) is 0 Å². The Balaban J connectivity index is 1.72. The van der Waals surface area contributed by atoms with Gasteiger partial charge in [0.2, 0.25) is 10.0 Å². The molecular weight excluding hydrogens is 417 g/mol. The molecule has 0 amide bonds. The summed E-state index contributed by atoms with van der Waals surface area (Å²) < 4.78 is 41.1.